The fraction of sp³-hybridized carbons (Fsp3) is 0.208. The van der Waals surface area contributed by atoms with Crippen LogP contribution in [-0.2, 0) is 13.2 Å². The molecule has 0 saturated carbocycles. The van der Waals surface area contributed by atoms with Crippen molar-refractivity contribution >= 4 is 11.9 Å². The average molecular weight is 416 g/mol. The van der Waals surface area contributed by atoms with Crippen LogP contribution in [0.3, 0.4) is 0 Å². The van der Waals surface area contributed by atoms with Gasteiger partial charge in [-0.2, -0.15) is 9.67 Å². The summed E-state index contributed by atoms with van der Waals surface area (Å²) in [5, 5.41) is 7.55. The molecule has 0 fully saturated rings. The number of rotatable bonds is 9. The fourth-order valence-corrected chi connectivity index (χ4v) is 3.06. The first-order valence-corrected chi connectivity index (χ1v) is 10.3. The second-order valence-electron chi connectivity index (χ2n) is 7.06. The van der Waals surface area contributed by atoms with Crippen molar-refractivity contribution < 1.29 is 13.9 Å². The standard InChI is InChI=1S/C24H24N4O3/c1-2-7-22(29)28-24(26-23(27-28)21-10-6-15-30-21)25-16-18-11-13-20(14-12-18)31-17-19-8-4-3-5-9-19/h3-6,8-15H,2,7,16-17H2,1H3,(H,25,26,27). The van der Waals surface area contributed by atoms with Gasteiger partial charge in [0.25, 0.3) is 0 Å². The lowest BCUT2D eigenvalue weighted by molar-refractivity contribution is 0.0888. The topological polar surface area (TPSA) is 82.2 Å². The molecule has 0 bridgehead atoms. The van der Waals surface area contributed by atoms with Crippen LogP contribution in [-0.4, -0.2) is 20.7 Å². The Labute approximate surface area is 180 Å². The van der Waals surface area contributed by atoms with E-state index in [0.717, 1.165) is 23.3 Å². The van der Waals surface area contributed by atoms with Crippen LogP contribution in [0.4, 0.5) is 5.95 Å². The van der Waals surface area contributed by atoms with Gasteiger partial charge in [-0.05, 0) is 41.8 Å². The predicted molar refractivity (Wildman–Crippen MR) is 118 cm³/mol. The first-order chi connectivity index (χ1) is 15.2. The van der Waals surface area contributed by atoms with Crippen molar-refractivity contribution in [3.05, 3.63) is 84.1 Å². The smallest absolute Gasteiger partial charge is 0.250 e. The van der Waals surface area contributed by atoms with E-state index in [1.54, 1.807) is 18.4 Å². The van der Waals surface area contributed by atoms with Crippen LogP contribution < -0.4 is 10.1 Å². The molecule has 2 heterocycles. The van der Waals surface area contributed by atoms with Crippen LogP contribution in [0.25, 0.3) is 11.6 Å². The largest absolute Gasteiger partial charge is 0.489 e. The van der Waals surface area contributed by atoms with Gasteiger partial charge in [-0.15, -0.1) is 5.10 Å². The van der Waals surface area contributed by atoms with Gasteiger partial charge in [0.05, 0.1) is 6.26 Å². The molecule has 7 heteroatoms. The number of furan rings is 1. The lowest BCUT2D eigenvalue weighted by Gasteiger charge is -2.09. The van der Waals surface area contributed by atoms with Gasteiger partial charge in [0.2, 0.25) is 17.7 Å². The summed E-state index contributed by atoms with van der Waals surface area (Å²) in [4.78, 5) is 16.9. The Balaban J connectivity index is 1.41. The van der Waals surface area contributed by atoms with Crippen molar-refractivity contribution in [1.29, 1.82) is 0 Å². The van der Waals surface area contributed by atoms with Gasteiger partial charge in [0.15, 0.2) is 5.76 Å². The van der Waals surface area contributed by atoms with E-state index in [1.165, 1.54) is 4.68 Å². The molecule has 4 rings (SSSR count). The van der Waals surface area contributed by atoms with Gasteiger partial charge < -0.3 is 14.5 Å². The van der Waals surface area contributed by atoms with Crippen LogP contribution >= 0.6 is 0 Å². The van der Waals surface area contributed by atoms with Gasteiger partial charge in [-0.1, -0.05) is 49.4 Å². The average Bonchev–Trinajstić information content (AvgIpc) is 3.48. The number of carbonyl (C=O) groups excluding carboxylic acids is 1. The summed E-state index contributed by atoms with van der Waals surface area (Å²) in [6, 6.07) is 21.4. The molecule has 31 heavy (non-hydrogen) atoms. The minimum absolute atomic E-state index is 0.111. The molecule has 0 aliphatic rings. The van der Waals surface area contributed by atoms with E-state index in [1.807, 2.05) is 61.5 Å². The van der Waals surface area contributed by atoms with E-state index in [-0.39, 0.29) is 5.91 Å². The Morgan fingerprint density at radius 1 is 1.03 bits per heavy atom. The third-order valence-electron chi connectivity index (χ3n) is 4.67. The van der Waals surface area contributed by atoms with E-state index in [4.69, 9.17) is 9.15 Å². The lowest BCUT2D eigenvalue weighted by Crippen LogP contribution is -2.16. The highest BCUT2D eigenvalue weighted by atomic mass is 16.5. The van der Waals surface area contributed by atoms with Crippen molar-refractivity contribution in [2.45, 2.75) is 32.9 Å². The lowest BCUT2D eigenvalue weighted by atomic mass is 10.2. The molecule has 2 aromatic carbocycles. The first-order valence-electron chi connectivity index (χ1n) is 10.3. The molecule has 4 aromatic rings. The molecular formula is C24H24N4O3. The van der Waals surface area contributed by atoms with Crippen LogP contribution in [0.1, 0.15) is 35.7 Å². The van der Waals surface area contributed by atoms with Crippen LogP contribution in [0.2, 0.25) is 0 Å². The summed E-state index contributed by atoms with van der Waals surface area (Å²) < 4.78 is 12.5. The SMILES string of the molecule is CCCC(=O)n1nc(-c2ccco2)nc1NCc1ccc(OCc2ccccc2)cc1. The summed E-state index contributed by atoms with van der Waals surface area (Å²) >= 11 is 0. The van der Waals surface area contributed by atoms with Crippen molar-refractivity contribution in [2.75, 3.05) is 5.32 Å². The zero-order valence-electron chi connectivity index (χ0n) is 17.3. The number of nitrogens with one attached hydrogen (secondary N) is 1. The summed E-state index contributed by atoms with van der Waals surface area (Å²) in [5.41, 5.74) is 2.15. The maximum absolute atomic E-state index is 12.5. The molecule has 0 radical (unpaired) electrons. The molecule has 0 aliphatic heterocycles. The van der Waals surface area contributed by atoms with Gasteiger partial charge in [0.1, 0.15) is 12.4 Å². The minimum Gasteiger partial charge on any atom is -0.489 e. The first kappa shape index (κ1) is 20.4. The predicted octanol–water partition coefficient (Wildman–Crippen LogP) is 5.17. The van der Waals surface area contributed by atoms with Gasteiger partial charge in [-0.25, -0.2) is 0 Å². The van der Waals surface area contributed by atoms with E-state index >= 15 is 0 Å². The van der Waals surface area contributed by atoms with E-state index < -0.39 is 0 Å². The van der Waals surface area contributed by atoms with E-state index in [9.17, 15) is 4.79 Å². The van der Waals surface area contributed by atoms with Gasteiger partial charge in [0, 0.05) is 13.0 Å². The van der Waals surface area contributed by atoms with Crippen LogP contribution in [0.5, 0.6) is 5.75 Å². The number of carbonyl (C=O) groups is 1. The molecule has 0 spiro atoms. The number of benzene rings is 2. The molecule has 0 saturated heterocycles. The number of anilines is 1. The zero-order chi connectivity index (χ0) is 21.5. The molecule has 1 N–H and O–H groups in total. The molecule has 158 valence electrons. The highest BCUT2D eigenvalue weighted by Gasteiger charge is 2.18. The van der Waals surface area contributed by atoms with Gasteiger partial charge in [-0.3, -0.25) is 4.79 Å². The third kappa shape index (κ3) is 5.19. The Kier molecular flexibility index (Phi) is 6.42. The number of nitrogens with zero attached hydrogens (tertiary/aromatic N) is 3. The minimum atomic E-state index is -0.111. The van der Waals surface area contributed by atoms with E-state index in [2.05, 4.69) is 15.4 Å². The van der Waals surface area contributed by atoms with Crippen molar-refractivity contribution in [1.82, 2.24) is 14.8 Å². The summed E-state index contributed by atoms with van der Waals surface area (Å²) in [6.07, 6.45) is 2.68. The fourth-order valence-electron chi connectivity index (χ4n) is 3.06. The maximum atomic E-state index is 12.5. The molecule has 0 amide bonds. The number of hydrogen-bond acceptors (Lipinski definition) is 6. The third-order valence-corrected chi connectivity index (χ3v) is 4.67. The molecule has 0 aliphatic carbocycles. The number of aromatic nitrogens is 3. The summed E-state index contributed by atoms with van der Waals surface area (Å²) in [5.74, 6) is 1.98. The highest BCUT2D eigenvalue weighted by Crippen LogP contribution is 2.20. The van der Waals surface area contributed by atoms with Crippen molar-refractivity contribution in [3.8, 4) is 17.3 Å². The van der Waals surface area contributed by atoms with Crippen molar-refractivity contribution in [3.63, 3.8) is 0 Å². The maximum Gasteiger partial charge on any atom is 0.250 e. The Morgan fingerprint density at radius 2 is 1.84 bits per heavy atom. The van der Waals surface area contributed by atoms with Crippen LogP contribution in [0.15, 0.2) is 77.4 Å². The molecule has 0 unspecified atom stereocenters. The second kappa shape index (κ2) is 9.75. The van der Waals surface area contributed by atoms with Crippen molar-refractivity contribution in [2.24, 2.45) is 0 Å². The number of hydrogen-bond donors (Lipinski definition) is 1. The number of ether oxygens (including phenoxy) is 1. The normalized spacial score (nSPS) is 10.7. The summed E-state index contributed by atoms with van der Waals surface area (Å²) in [7, 11) is 0. The molecule has 7 nitrogen and oxygen atoms in total. The monoisotopic (exact) mass is 416 g/mol. The highest BCUT2D eigenvalue weighted by molar-refractivity contribution is 5.81. The summed E-state index contributed by atoms with van der Waals surface area (Å²) in [6.45, 7) is 2.97. The molecule has 2 aromatic heterocycles. The van der Waals surface area contributed by atoms with Gasteiger partial charge >= 0.3 is 0 Å². The van der Waals surface area contributed by atoms with E-state index in [0.29, 0.717) is 37.1 Å². The molecular weight excluding hydrogens is 392 g/mol. The Morgan fingerprint density at radius 3 is 2.55 bits per heavy atom. The Bertz CT molecular complexity index is 1100. The molecule has 0 atom stereocenters. The zero-order valence-corrected chi connectivity index (χ0v) is 17.3. The van der Waals surface area contributed by atoms with Crippen LogP contribution in [0, 0.1) is 0 Å². The quantitative estimate of drug-likeness (QED) is 0.405. The Hall–Kier alpha value is -3.87. The second-order valence-corrected chi connectivity index (χ2v) is 7.06.